The van der Waals surface area contributed by atoms with Crippen LogP contribution in [-0.4, -0.2) is 31.3 Å². The summed E-state index contributed by atoms with van der Waals surface area (Å²) in [6.45, 7) is 2.06. The second-order valence-corrected chi connectivity index (χ2v) is 4.52. The first-order chi connectivity index (χ1) is 8.74. The Balaban J connectivity index is 2.15. The van der Waals surface area contributed by atoms with Crippen molar-refractivity contribution in [2.24, 2.45) is 0 Å². The van der Waals surface area contributed by atoms with Crippen molar-refractivity contribution in [2.75, 3.05) is 0 Å². The zero-order chi connectivity index (χ0) is 13.2. The molecule has 102 valence electrons. The molecular weight excluding hydrogens is 232 g/mol. The number of nitrogens with zero attached hydrogens (tertiary/aromatic N) is 4. The molecule has 18 heavy (non-hydrogen) atoms. The zero-order valence-electron chi connectivity index (χ0n) is 11.0. The van der Waals surface area contributed by atoms with E-state index >= 15 is 0 Å². The van der Waals surface area contributed by atoms with Crippen molar-refractivity contribution >= 4 is 5.97 Å². The van der Waals surface area contributed by atoms with E-state index in [1.165, 1.54) is 36.8 Å². The number of unbranched alkanes of at least 4 members (excludes halogenated alkanes) is 6. The molecule has 0 aliphatic rings. The summed E-state index contributed by atoms with van der Waals surface area (Å²) in [5.41, 5.74) is 0. The maximum absolute atomic E-state index is 10.6. The summed E-state index contributed by atoms with van der Waals surface area (Å²) in [7, 11) is 0. The second kappa shape index (κ2) is 8.60. The molecule has 0 aliphatic heterocycles. The third-order valence-electron chi connectivity index (χ3n) is 2.90. The smallest absolute Gasteiger partial charge is 0.325 e. The lowest BCUT2D eigenvalue weighted by molar-refractivity contribution is -0.138. The van der Waals surface area contributed by atoms with Gasteiger partial charge in [0, 0.05) is 6.42 Å². The molecule has 0 spiro atoms. The van der Waals surface area contributed by atoms with Gasteiger partial charge in [-0.2, -0.15) is 0 Å². The summed E-state index contributed by atoms with van der Waals surface area (Å²) in [5, 5.41) is 19.7. The molecule has 0 unspecified atom stereocenters. The lowest BCUT2D eigenvalue weighted by Crippen LogP contribution is -2.13. The average Bonchev–Trinajstić information content (AvgIpc) is 2.75. The van der Waals surface area contributed by atoms with E-state index in [1.54, 1.807) is 0 Å². The Bertz CT molecular complexity index is 352. The van der Waals surface area contributed by atoms with E-state index in [9.17, 15) is 4.79 Å². The number of aryl methyl sites for hydroxylation is 1. The summed E-state index contributed by atoms with van der Waals surface area (Å²) in [5.74, 6) is -0.242. The minimum Gasteiger partial charge on any atom is -0.480 e. The van der Waals surface area contributed by atoms with Gasteiger partial charge in [-0.3, -0.25) is 4.79 Å². The van der Waals surface area contributed by atoms with Crippen molar-refractivity contribution < 1.29 is 9.90 Å². The third kappa shape index (κ3) is 5.75. The number of tetrazole rings is 1. The quantitative estimate of drug-likeness (QED) is 0.646. The maximum Gasteiger partial charge on any atom is 0.325 e. The molecule has 0 bridgehead atoms. The molecule has 0 saturated heterocycles. The standard InChI is InChI=1S/C12H22N4O2/c1-2-3-4-5-6-7-8-9-11-13-14-15-16(11)10-12(17)18/h2-10H2,1H3,(H,17,18). The number of carboxylic acid groups (broad SMARTS) is 1. The van der Waals surface area contributed by atoms with E-state index < -0.39 is 5.97 Å². The van der Waals surface area contributed by atoms with Crippen molar-refractivity contribution in [2.45, 2.75) is 64.8 Å². The van der Waals surface area contributed by atoms with Gasteiger partial charge in [0.2, 0.25) is 0 Å². The molecule has 6 heteroatoms. The van der Waals surface area contributed by atoms with E-state index in [0.717, 1.165) is 19.3 Å². The fraction of sp³-hybridized carbons (Fsp3) is 0.833. The molecule has 0 amide bonds. The Morgan fingerprint density at radius 2 is 1.83 bits per heavy atom. The molecule has 0 aliphatic carbocycles. The monoisotopic (exact) mass is 254 g/mol. The van der Waals surface area contributed by atoms with Crippen LogP contribution in [0, 0.1) is 0 Å². The average molecular weight is 254 g/mol. The van der Waals surface area contributed by atoms with Crippen molar-refractivity contribution in [3.8, 4) is 0 Å². The molecule has 1 N–H and O–H groups in total. The molecule has 1 heterocycles. The van der Waals surface area contributed by atoms with Crippen molar-refractivity contribution in [1.29, 1.82) is 0 Å². The normalized spacial score (nSPS) is 10.7. The molecule has 1 aromatic rings. The summed E-state index contributed by atoms with van der Waals surface area (Å²) >= 11 is 0. The van der Waals surface area contributed by atoms with Gasteiger partial charge in [0.1, 0.15) is 6.54 Å². The fourth-order valence-electron chi connectivity index (χ4n) is 1.89. The van der Waals surface area contributed by atoms with Crippen LogP contribution in [0.4, 0.5) is 0 Å². The van der Waals surface area contributed by atoms with Gasteiger partial charge in [0.15, 0.2) is 5.82 Å². The molecular formula is C12H22N4O2. The molecule has 0 fully saturated rings. The van der Waals surface area contributed by atoms with Crippen LogP contribution in [0.1, 0.15) is 57.7 Å². The Hall–Kier alpha value is -1.46. The maximum atomic E-state index is 10.6. The predicted molar refractivity (Wildman–Crippen MR) is 67.1 cm³/mol. The largest absolute Gasteiger partial charge is 0.480 e. The van der Waals surface area contributed by atoms with Crippen molar-refractivity contribution in [1.82, 2.24) is 20.2 Å². The minimum atomic E-state index is -0.914. The highest BCUT2D eigenvalue weighted by Crippen LogP contribution is 2.09. The first-order valence-electron chi connectivity index (χ1n) is 6.71. The molecule has 0 aromatic carbocycles. The Labute approximate surface area is 107 Å². The molecule has 0 radical (unpaired) electrons. The van der Waals surface area contributed by atoms with Crippen LogP contribution < -0.4 is 0 Å². The van der Waals surface area contributed by atoms with Gasteiger partial charge in [-0.15, -0.1) is 5.10 Å². The van der Waals surface area contributed by atoms with Gasteiger partial charge in [-0.25, -0.2) is 4.68 Å². The summed E-state index contributed by atoms with van der Waals surface area (Å²) in [6.07, 6.45) is 9.35. The van der Waals surface area contributed by atoms with Crippen LogP contribution in [0.25, 0.3) is 0 Å². The number of aliphatic carboxylic acids is 1. The van der Waals surface area contributed by atoms with E-state index in [4.69, 9.17) is 5.11 Å². The van der Waals surface area contributed by atoms with Gasteiger partial charge in [0.05, 0.1) is 0 Å². The zero-order valence-corrected chi connectivity index (χ0v) is 11.0. The molecule has 1 aromatic heterocycles. The summed E-state index contributed by atoms with van der Waals surface area (Å²) in [6, 6.07) is 0. The number of hydrogen-bond donors (Lipinski definition) is 1. The van der Waals surface area contributed by atoms with Crippen LogP contribution in [0.5, 0.6) is 0 Å². The van der Waals surface area contributed by atoms with E-state index in [0.29, 0.717) is 5.82 Å². The Morgan fingerprint density at radius 3 is 2.50 bits per heavy atom. The Morgan fingerprint density at radius 1 is 1.17 bits per heavy atom. The highest BCUT2D eigenvalue weighted by molar-refractivity contribution is 5.66. The van der Waals surface area contributed by atoms with Gasteiger partial charge in [-0.1, -0.05) is 45.4 Å². The molecule has 0 atom stereocenters. The van der Waals surface area contributed by atoms with Gasteiger partial charge >= 0.3 is 5.97 Å². The summed E-state index contributed by atoms with van der Waals surface area (Å²) in [4.78, 5) is 10.6. The number of hydrogen-bond acceptors (Lipinski definition) is 4. The van der Waals surface area contributed by atoms with E-state index in [2.05, 4.69) is 22.4 Å². The van der Waals surface area contributed by atoms with Gasteiger partial charge < -0.3 is 5.11 Å². The third-order valence-corrected chi connectivity index (χ3v) is 2.90. The second-order valence-electron chi connectivity index (χ2n) is 4.52. The number of carbonyl (C=O) groups is 1. The van der Waals surface area contributed by atoms with Crippen LogP contribution in [0.15, 0.2) is 0 Å². The van der Waals surface area contributed by atoms with Crippen LogP contribution in [0.2, 0.25) is 0 Å². The number of rotatable bonds is 10. The highest BCUT2D eigenvalue weighted by Gasteiger charge is 2.08. The molecule has 0 saturated carbocycles. The van der Waals surface area contributed by atoms with Crippen molar-refractivity contribution in [3.63, 3.8) is 0 Å². The molecule has 1 rings (SSSR count). The predicted octanol–water partition coefficient (Wildman–Crippen LogP) is 2.05. The number of aromatic nitrogens is 4. The topological polar surface area (TPSA) is 80.9 Å². The van der Waals surface area contributed by atoms with Gasteiger partial charge in [0.25, 0.3) is 0 Å². The van der Waals surface area contributed by atoms with E-state index in [1.807, 2.05) is 0 Å². The molecule has 6 nitrogen and oxygen atoms in total. The fourth-order valence-corrected chi connectivity index (χ4v) is 1.89. The first-order valence-corrected chi connectivity index (χ1v) is 6.71. The first kappa shape index (κ1) is 14.6. The Kier molecular flexibility index (Phi) is 6.98. The SMILES string of the molecule is CCCCCCCCCc1nnnn1CC(=O)O. The number of carboxylic acids is 1. The van der Waals surface area contributed by atoms with Gasteiger partial charge in [-0.05, 0) is 16.8 Å². The van der Waals surface area contributed by atoms with Crippen LogP contribution in [-0.2, 0) is 17.8 Å². The van der Waals surface area contributed by atoms with E-state index in [-0.39, 0.29) is 6.54 Å². The van der Waals surface area contributed by atoms with Crippen LogP contribution in [0.3, 0.4) is 0 Å². The minimum absolute atomic E-state index is 0.154. The lowest BCUT2D eigenvalue weighted by atomic mass is 10.1. The summed E-state index contributed by atoms with van der Waals surface area (Å²) < 4.78 is 1.36. The highest BCUT2D eigenvalue weighted by atomic mass is 16.4. The van der Waals surface area contributed by atoms with Crippen molar-refractivity contribution in [3.05, 3.63) is 5.82 Å². The van der Waals surface area contributed by atoms with Crippen LogP contribution >= 0.6 is 0 Å². The lowest BCUT2D eigenvalue weighted by Gasteiger charge is -2.02.